The van der Waals surface area contributed by atoms with Crippen LogP contribution < -0.4 is 0 Å². The molecule has 1 saturated carbocycles. The SMILES string of the molecule is Cc1ccn2ncc(C(=O)N3CCOCC34CCC4)c2c1. The molecule has 5 nitrogen and oxygen atoms in total. The Kier molecular flexibility index (Phi) is 2.79. The lowest BCUT2D eigenvalue weighted by molar-refractivity contribution is -0.0876. The molecule has 5 heteroatoms. The van der Waals surface area contributed by atoms with Gasteiger partial charge in [0.1, 0.15) is 0 Å². The number of fused-ring (bicyclic) bond motifs is 1. The lowest BCUT2D eigenvalue weighted by atomic mass is 9.75. The van der Waals surface area contributed by atoms with Crippen LogP contribution in [0.1, 0.15) is 35.2 Å². The monoisotopic (exact) mass is 285 g/mol. The summed E-state index contributed by atoms with van der Waals surface area (Å²) in [5.41, 5.74) is 2.66. The minimum absolute atomic E-state index is 0.0621. The average Bonchev–Trinajstić information content (AvgIpc) is 2.87. The maximum absolute atomic E-state index is 13.0. The first-order valence-electron chi connectivity index (χ1n) is 7.53. The zero-order valence-corrected chi connectivity index (χ0v) is 12.2. The Morgan fingerprint density at radius 3 is 3.05 bits per heavy atom. The fourth-order valence-electron chi connectivity index (χ4n) is 3.45. The molecule has 2 aromatic rings. The van der Waals surface area contributed by atoms with Crippen molar-refractivity contribution >= 4 is 11.4 Å². The van der Waals surface area contributed by atoms with Gasteiger partial charge in [0.15, 0.2) is 0 Å². The number of amides is 1. The van der Waals surface area contributed by atoms with Crippen molar-refractivity contribution in [1.82, 2.24) is 14.5 Å². The standard InChI is InChI=1S/C16H19N3O2/c1-12-3-6-19-14(9-12)13(10-17-19)15(20)18-7-8-21-11-16(18)4-2-5-16/h3,6,9-10H,2,4-5,7-8,11H2,1H3. The molecule has 2 aromatic heterocycles. The van der Waals surface area contributed by atoms with Crippen LogP contribution in [-0.2, 0) is 4.74 Å². The van der Waals surface area contributed by atoms with Crippen LogP contribution in [0.4, 0.5) is 0 Å². The highest BCUT2D eigenvalue weighted by Gasteiger charge is 2.47. The van der Waals surface area contributed by atoms with Gasteiger partial charge in [-0.05, 0) is 43.9 Å². The molecule has 1 aliphatic carbocycles. The molecule has 0 N–H and O–H groups in total. The van der Waals surface area contributed by atoms with Crippen molar-refractivity contribution in [2.24, 2.45) is 0 Å². The summed E-state index contributed by atoms with van der Waals surface area (Å²) in [6.45, 7) is 4.02. The molecule has 1 saturated heterocycles. The normalized spacial score (nSPS) is 20.7. The van der Waals surface area contributed by atoms with Crippen molar-refractivity contribution in [3.63, 3.8) is 0 Å². The molecule has 1 aliphatic heterocycles. The summed E-state index contributed by atoms with van der Waals surface area (Å²) in [5.74, 6) is 0.0959. The van der Waals surface area contributed by atoms with Crippen molar-refractivity contribution in [1.29, 1.82) is 0 Å². The molecule has 2 fully saturated rings. The van der Waals surface area contributed by atoms with E-state index in [1.54, 1.807) is 10.7 Å². The third-order valence-corrected chi connectivity index (χ3v) is 4.84. The van der Waals surface area contributed by atoms with E-state index < -0.39 is 0 Å². The van der Waals surface area contributed by atoms with Gasteiger partial charge in [-0.25, -0.2) is 4.52 Å². The number of carbonyl (C=O) groups is 1. The molecule has 1 spiro atoms. The molecule has 0 bridgehead atoms. The topological polar surface area (TPSA) is 46.8 Å². The van der Waals surface area contributed by atoms with E-state index in [0.717, 1.165) is 23.9 Å². The maximum atomic E-state index is 13.0. The first kappa shape index (κ1) is 12.8. The fourth-order valence-corrected chi connectivity index (χ4v) is 3.45. The largest absolute Gasteiger partial charge is 0.377 e. The van der Waals surface area contributed by atoms with Crippen LogP contribution in [-0.4, -0.2) is 45.7 Å². The highest BCUT2D eigenvalue weighted by molar-refractivity contribution is 6.01. The third-order valence-electron chi connectivity index (χ3n) is 4.84. The van der Waals surface area contributed by atoms with E-state index >= 15 is 0 Å². The van der Waals surface area contributed by atoms with Crippen LogP contribution >= 0.6 is 0 Å². The van der Waals surface area contributed by atoms with Gasteiger partial charge >= 0.3 is 0 Å². The predicted molar refractivity (Wildman–Crippen MR) is 78.4 cm³/mol. The second kappa shape index (κ2) is 4.56. The van der Waals surface area contributed by atoms with Crippen molar-refractivity contribution < 1.29 is 9.53 Å². The number of ether oxygens (including phenoxy) is 1. The van der Waals surface area contributed by atoms with E-state index in [1.807, 2.05) is 30.2 Å². The Labute approximate surface area is 123 Å². The van der Waals surface area contributed by atoms with Crippen molar-refractivity contribution in [3.05, 3.63) is 35.7 Å². The number of pyridine rings is 1. The van der Waals surface area contributed by atoms with Gasteiger partial charge in [-0.1, -0.05) is 0 Å². The predicted octanol–water partition coefficient (Wildman–Crippen LogP) is 2.04. The highest BCUT2D eigenvalue weighted by Crippen LogP contribution is 2.40. The molecular weight excluding hydrogens is 266 g/mol. The van der Waals surface area contributed by atoms with Crippen molar-refractivity contribution in [3.8, 4) is 0 Å². The molecule has 0 radical (unpaired) electrons. The van der Waals surface area contributed by atoms with Gasteiger partial charge in [-0.2, -0.15) is 5.10 Å². The second-order valence-electron chi connectivity index (χ2n) is 6.18. The summed E-state index contributed by atoms with van der Waals surface area (Å²) >= 11 is 0. The van der Waals surface area contributed by atoms with Gasteiger partial charge < -0.3 is 9.64 Å². The summed E-state index contributed by atoms with van der Waals surface area (Å²) < 4.78 is 7.39. The number of nitrogens with zero attached hydrogens (tertiary/aromatic N) is 3. The number of hydrogen-bond acceptors (Lipinski definition) is 3. The van der Waals surface area contributed by atoms with E-state index in [9.17, 15) is 4.79 Å². The molecule has 4 rings (SSSR count). The molecule has 0 unspecified atom stereocenters. The molecule has 0 atom stereocenters. The number of rotatable bonds is 1. The van der Waals surface area contributed by atoms with Crippen LogP contribution in [0.5, 0.6) is 0 Å². The number of aromatic nitrogens is 2. The number of aryl methyl sites for hydroxylation is 1. The smallest absolute Gasteiger partial charge is 0.258 e. The molecule has 110 valence electrons. The summed E-state index contributed by atoms with van der Waals surface area (Å²) in [5, 5.41) is 4.31. The number of hydrogen-bond donors (Lipinski definition) is 0. The van der Waals surface area contributed by atoms with Crippen LogP contribution in [0.3, 0.4) is 0 Å². The van der Waals surface area contributed by atoms with Crippen molar-refractivity contribution in [2.75, 3.05) is 19.8 Å². The number of carbonyl (C=O) groups excluding carboxylic acids is 1. The fraction of sp³-hybridized carbons (Fsp3) is 0.500. The summed E-state index contributed by atoms with van der Waals surface area (Å²) in [7, 11) is 0. The molecular formula is C16H19N3O2. The van der Waals surface area contributed by atoms with Crippen LogP contribution in [0.2, 0.25) is 0 Å². The van der Waals surface area contributed by atoms with Gasteiger partial charge in [-0.3, -0.25) is 4.79 Å². The van der Waals surface area contributed by atoms with Gasteiger partial charge in [0.2, 0.25) is 0 Å². The molecule has 1 amide bonds. The summed E-state index contributed by atoms with van der Waals surface area (Å²) in [4.78, 5) is 15.0. The molecule has 21 heavy (non-hydrogen) atoms. The lowest BCUT2D eigenvalue weighted by Crippen LogP contribution is -2.62. The minimum Gasteiger partial charge on any atom is -0.377 e. The zero-order chi connectivity index (χ0) is 14.4. The zero-order valence-electron chi connectivity index (χ0n) is 12.2. The Hall–Kier alpha value is -1.88. The van der Waals surface area contributed by atoms with Crippen molar-refractivity contribution in [2.45, 2.75) is 31.7 Å². The lowest BCUT2D eigenvalue weighted by Gasteiger charge is -2.52. The first-order valence-corrected chi connectivity index (χ1v) is 7.53. The van der Waals surface area contributed by atoms with Crippen LogP contribution in [0.15, 0.2) is 24.5 Å². The van der Waals surface area contributed by atoms with E-state index in [4.69, 9.17) is 4.74 Å². The first-order chi connectivity index (χ1) is 10.2. The second-order valence-corrected chi connectivity index (χ2v) is 6.18. The van der Waals surface area contributed by atoms with Gasteiger partial charge in [0.05, 0.1) is 36.0 Å². The Morgan fingerprint density at radius 2 is 2.29 bits per heavy atom. The number of morpholine rings is 1. The van der Waals surface area contributed by atoms with E-state index in [1.165, 1.54) is 6.42 Å². The quantitative estimate of drug-likeness (QED) is 0.805. The van der Waals surface area contributed by atoms with Crippen LogP contribution in [0.25, 0.3) is 5.52 Å². The van der Waals surface area contributed by atoms with E-state index in [0.29, 0.717) is 25.3 Å². The van der Waals surface area contributed by atoms with E-state index in [-0.39, 0.29) is 11.4 Å². The Morgan fingerprint density at radius 1 is 1.43 bits per heavy atom. The van der Waals surface area contributed by atoms with Gasteiger partial charge in [0, 0.05) is 12.7 Å². The maximum Gasteiger partial charge on any atom is 0.258 e. The Bertz CT molecular complexity index is 703. The summed E-state index contributed by atoms with van der Waals surface area (Å²) in [6.07, 6.45) is 6.88. The van der Waals surface area contributed by atoms with Crippen LogP contribution in [0, 0.1) is 6.92 Å². The molecule has 2 aliphatic rings. The third kappa shape index (κ3) is 1.87. The van der Waals surface area contributed by atoms with Gasteiger partial charge in [0.25, 0.3) is 5.91 Å². The Balaban J connectivity index is 1.74. The van der Waals surface area contributed by atoms with E-state index in [2.05, 4.69) is 5.10 Å². The molecule has 0 aromatic carbocycles. The highest BCUT2D eigenvalue weighted by atomic mass is 16.5. The molecule has 3 heterocycles. The minimum atomic E-state index is -0.0621. The van der Waals surface area contributed by atoms with Gasteiger partial charge in [-0.15, -0.1) is 0 Å². The average molecular weight is 285 g/mol. The summed E-state index contributed by atoms with van der Waals surface area (Å²) in [6, 6.07) is 4.02.